The van der Waals surface area contributed by atoms with Crippen molar-refractivity contribution in [3.05, 3.63) is 29.6 Å². The second kappa shape index (κ2) is 8.49. The first-order valence-corrected chi connectivity index (χ1v) is 9.97. The minimum absolute atomic E-state index is 0.0305. The second-order valence-electron chi connectivity index (χ2n) is 8.24. The number of anilines is 1. The van der Waals surface area contributed by atoms with Crippen LogP contribution in [0.1, 0.15) is 37.7 Å². The Morgan fingerprint density at radius 3 is 2.66 bits per heavy atom. The molecule has 1 aromatic carbocycles. The van der Waals surface area contributed by atoms with Gasteiger partial charge in [0, 0.05) is 39.5 Å². The summed E-state index contributed by atoms with van der Waals surface area (Å²) in [6.07, 6.45) is 0.921. The molecule has 3 amide bonds. The van der Waals surface area contributed by atoms with Crippen molar-refractivity contribution >= 4 is 23.4 Å². The average Bonchev–Trinajstić information content (AvgIpc) is 2.67. The van der Waals surface area contributed by atoms with E-state index in [1.807, 2.05) is 0 Å². The fourth-order valence-corrected chi connectivity index (χ4v) is 4.34. The summed E-state index contributed by atoms with van der Waals surface area (Å²) in [5.41, 5.74) is 0.345. The number of nitrogens with zero attached hydrogens (tertiary/aromatic N) is 2. The number of nitrogens with one attached hydrogen (secondary N) is 1. The highest BCUT2D eigenvalue weighted by Crippen LogP contribution is 2.40. The molecule has 29 heavy (non-hydrogen) atoms. The van der Waals surface area contributed by atoms with Crippen LogP contribution in [0.15, 0.2) is 18.2 Å². The summed E-state index contributed by atoms with van der Waals surface area (Å²) in [6, 6.07) is 4.46. The van der Waals surface area contributed by atoms with E-state index >= 15 is 0 Å². The van der Waals surface area contributed by atoms with Gasteiger partial charge in [0.2, 0.25) is 17.7 Å². The molecule has 2 N–H and O–H groups in total. The van der Waals surface area contributed by atoms with Crippen LogP contribution in [0.4, 0.5) is 10.1 Å². The predicted octanol–water partition coefficient (Wildman–Crippen LogP) is 1.68. The fourth-order valence-electron chi connectivity index (χ4n) is 4.34. The quantitative estimate of drug-likeness (QED) is 0.798. The minimum Gasteiger partial charge on any atom is -0.391 e. The van der Waals surface area contributed by atoms with Gasteiger partial charge in [0.15, 0.2) is 0 Å². The zero-order valence-electron chi connectivity index (χ0n) is 16.9. The third-order valence-corrected chi connectivity index (χ3v) is 5.95. The first-order chi connectivity index (χ1) is 13.7. The van der Waals surface area contributed by atoms with Crippen LogP contribution in [0.3, 0.4) is 0 Å². The van der Waals surface area contributed by atoms with Crippen LogP contribution in [-0.4, -0.2) is 65.4 Å². The Morgan fingerprint density at radius 1 is 1.28 bits per heavy atom. The highest BCUT2D eigenvalue weighted by Gasteiger charge is 2.47. The van der Waals surface area contributed by atoms with E-state index in [0.29, 0.717) is 38.9 Å². The minimum atomic E-state index is -0.594. The molecule has 2 fully saturated rings. The van der Waals surface area contributed by atoms with E-state index in [0.717, 1.165) is 5.56 Å². The van der Waals surface area contributed by atoms with Gasteiger partial charge in [0.25, 0.3) is 0 Å². The highest BCUT2D eigenvalue weighted by atomic mass is 19.1. The Balaban J connectivity index is 1.49. The number of halogens is 1. The van der Waals surface area contributed by atoms with Crippen LogP contribution in [0.2, 0.25) is 0 Å². The van der Waals surface area contributed by atoms with Crippen LogP contribution in [0.5, 0.6) is 0 Å². The lowest BCUT2D eigenvalue weighted by molar-refractivity contribution is -0.156. The third-order valence-electron chi connectivity index (χ3n) is 5.95. The normalized spacial score (nSPS) is 21.4. The van der Waals surface area contributed by atoms with E-state index in [2.05, 4.69) is 5.32 Å². The number of aliphatic hydroxyl groups excluding tert-OH is 1. The SMILES string of the molecule is Cc1ccc(F)c(NC(=O)CCC(=O)N2CCC3(CC2)CC(O)CN(C)C3=O)c1. The first kappa shape index (κ1) is 21.2. The summed E-state index contributed by atoms with van der Waals surface area (Å²) in [7, 11) is 1.69. The maximum atomic E-state index is 13.7. The monoisotopic (exact) mass is 405 g/mol. The van der Waals surface area contributed by atoms with Crippen LogP contribution < -0.4 is 5.32 Å². The topological polar surface area (TPSA) is 89.9 Å². The van der Waals surface area contributed by atoms with Gasteiger partial charge < -0.3 is 20.2 Å². The molecule has 1 spiro atoms. The summed E-state index contributed by atoms with van der Waals surface area (Å²) in [5.74, 6) is -1.05. The van der Waals surface area contributed by atoms with E-state index in [1.54, 1.807) is 35.9 Å². The fraction of sp³-hybridized carbons (Fsp3) is 0.571. The largest absolute Gasteiger partial charge is 0.391 e. The lowest BCUT2D eigenvalue weighted by atomic mass is 9.71. The lowest BCUT2D eigenvalue weighted by Gasteiger charge is -2.47. The molecule has 1 aromatic rings. The third kappa shape index (κ3) is 4.75. The first-order valence-electron chi connectivity index (χ1n) is 9.97. The molecule has 0 radical (unpaired) electrons. The molecule has 0 saturated carbocycles. The van der Waals surface area contributed by atoms with Crippen molar-refractivity contribution in [2.75, 3.05) is 32.0 Å². The molecule has 7 nitrogen and oxygen atoms in total. The number of β-amino-alcohol motifs (C(OH)–C–C–N with tert-alkyl or cyclic N) is 1. The number of likely N-dealkylation sites (tertiary alicyclic amines) is 2. The second-order valence-corrected chi connectivity index (χ2v) is 8.24. The molecule has 2 aliphatic heterocycles. The molecule has 0 aliphatic carbocycles. The van der Waals surface area contributed by atoms with Crippen molar-refractivity contribution < 1.29 is 23.9 Å². The molecule has 0 bridgehead atoms. The summed E-state index contributed by atoms with van der Waals surface area (Å²) in [5, 5.41) is 12.6. The van der Waals surface area contributed by atoms with Crippen molar-refractivity contribution in [1.82, 2.24) is 9.80 Å². The molecule has 2 saturated heterocycles. The zero-order chi connectivity index (χ0) is 21.2. The molecule has 0 aromatic heterocycles. The zero-order valence-corrected chi connectivity index (χ0v) is 16.9. The van der Waals surface area contributed by atoms with Crippen molar-refractivity contribution in [3.8, 4) is 0 Å². The van der Waals surface area contributed by atoms with Crippen LogP contribution in [-0.2, 0) is 14.4 Å². The predicted molar refractivity (Wildman–Crippen MR) is 106 cm³/mol. The van der Waals surface area contributed by atoms with E-state index in [-0.39, 0.29) is 30.3 Å². The van der Waals surface area contributed by atoms with Gasteiger partial charge in [-0.05, 0) is 43.9 Å². The number of carbonyl (C=O) groups is 3. The Labute approximate surface area is 169 Å². The average molecular weight is 405 g/mol. The standard InChI is InChI=1S/C21H28FN3O4/c1-14-3-4-16(22)17(11-14)23-18(27)5-6-19(28)25-9-7-21(8-10-25)12-15(26)13-24(2)20(21)29/h3-4,11,15,26H,5-10,12-13H2,1-2H3,(H,23,27). The van der Waals surface area contributed by atoms with E-state index in [9.17, 15) is 23.9 Å². The van der Waals surface area contributed by atoms with Gasteiger partial charge in [-0.25, -0.2) is 4.39 Å². The van der Waals surface area contributed by atoms with Crippen molar-refractivity contribution in [3.63, 3.8) is 0 Å². The van der Waals surface area contributed by atoms with Crippen LogP contribution in [0, 0.1) is 18.2 Å². The van der Waals surface area contributed by atoms with Gasteiger partial charge >= 0.3 is 0 Å². The van der Waals surface area contributed by atoms with Gasteiger partial charge in [0.05, 0.1) is 17.2 Å². The number of hydrogen-bond donors (Lipinski definition) is 2. The van der Waals surface area contributed by atoms with Crippen molar-refractivity contribution in [2.24, 2.45) is 5.41 Å². The Morgan fingerprint density at radius 2 is 1.97 bits per heavy atom. The van der Waals surface area contributed by atoms with E-state index in [4.69, 9.17) is 0 Å². The molecular formula is C21H28FN3O4. The number of carbonyl (C=O) groups excluding carboxylic acids is 3. The Bertz CT molecular complexity index is 805. The number of amides is 3. The number of aliphatic hydroxyl groups is 1. The smallest absolute Gasteiger partial charge is 0.228 e. The molecule has 3 rings (SSSR count). The van der Waals surface area contributed by atoms with Crippen molar-refractivity contribution in [2.45, 2.75) is 45.1 Å². The molecule has 8 heteroatoms. The van der Waals surface area contributed by atoms with Gasteiger partial charge in [-0.1, -0.05) is 6.07 Å². The Kier molecular flexibility index (Phi) is 6.21. The van der Waals surface area contributed by atoms with Crippen LogP contribution >= 0.6 is 0 Å². The van der Waals surface area contributed by atoms with Gasteiger partial charge in [0.1, 0.15) is 5.82 Å². The summed E-state index contributed by atoms with van der Waals surface area (Å²) < 4.78 is 13.7. The number of likely N-dealkylation sites (N-methyl/N-ethyl adjacent to an activating group) is 1. The van der Waals surface area contributed by atoms with Crippen molar-refractivity contribution in [1.29, 1.82) is 0 Å². The van der Waals surface area contributed by atoms with E-state index in [1.165, 1.54) is 6.07 Å². The van der Waals surface area contributed by atoms with Gasteiger partial charge in [-0.2, -0.15) is 0 Å². The van der Waals surface area contributed by atoms with E-state index < -0.39 is 23.2 Å². The lowest BCUT2D eigenvalue weighted by Crippen LogP contribution is -2.56. The maximum Gasteiger partial charge on any atom is 0.228 e. The summed E-state index contributed by atoms with van der Waals surface area (Å²) >= 11 is 0. The van der Waals surface area contributed by atoms with Gasteiger partial charge in [-0.15, -0.1) is 0 Å². The Hall–Kier alpha value is -2.48. The number of benzene rings is 1. The molecule has 158 valence electrons. The summed E-state index contributed by atoms with van der Waals surface area (Å²) in [6.45, 7) is 3.01. The number of hydrogen-bond acceptors (Lipinski definition) is 4. The highest BCUT2D eigenvalue weighted by molar-refractivity contribution is 5.93. The number of rotatable bonds is 4. The molecule has 2 aliphatic rings. The molecule has 1 atom stereocenters. The molecule has 2 heterocycles. The molecule has 1 unspecified atom stereocenters. The summed E-state index contributed by atoms with van der Waals surface area (Å²) in [4.78, 5) is 40.4. The van der Waals surface area contributed by atoms with Crippen LogP contribution in [0.25, 0.3) is 0 Å². The number of piperidine rings is 2. The molecular weight excluding hydrogens is 377 g/mol. The number of aryl methyl sites for hydroxylation is 1. The van der Waals surface area contributed by atoms with Gasteiger partial charge in [-0.3, -0.25) is 14.4 Å². The maximum absolute atomic E-state index is 13.7.